The van der Waals surface area contributed by atoms with E-state index in [1.54, 1.807) is 6.07 Å². The van der Waals surface area contributed by atoms with Crippen LogP contribution in [0.3, 0.4) is 0 Å². The van der Waals surface area contributed by atoms with Crippen molar-refractivity contribution in [2.45, 2.75) is 11.2 Å². The molecule has 0 aliphatic carbocycles. The van der Waals surface area contributed by atoms with Crippen LogP contribution in [-0.4, -0.2) is 6.54 Å². The number of hydrogen-bond donors (Lipinski definition) is 1. The van der Waals surface area contributed by atoms with Crippen LogP contribution in [0.25, 0.3) is 0 Å². The molecular formula is C9H8BrClFN. The van der Waals surface area contributed by atoms with Gasteiger partial charge in [-0.05, 0) is 18.6 Å². The van der Waals surface area contributed by atoms with Crippen LogP contribution >= 0.6 is 27.5 Å². The average Bonchev–Trinajstić information content (AvgIpc) is 2.12. The second kappa shape index (κ2) is 3.46. The molecule has 0 spiro atoms. The topological polar surface area (TPSA) is 12.0 Å². The van der Waals surface area contributed by atoms with Crippen LogP contribution in [-0.2, 0) is 0 Å². The third-order valence-electron chi connectivity index (χ3n) is 2.15. The number of rotatable bonds is 0. The van der Waals surface area contributed by atoms with E-state index in [9.17, 15) is 4.39 Å². The molecule has 4 heteroatoms. The molecule has 1 atom stereocenters. The Morgan fingerprint density at radius 3 is 3.00 bits per heavy atom. The van der Waals surface area contributed by atoms with Gasteiger partial charge in [0.15, 0.2) is 0 Å². The zero-order valence-corrected chi connectivity index (χ0v) is 9.12. The van der Waals surface area contributed by atoms with Crippen molar-refractivity contribution in [3.05, 3.63) is 28.5 Å². The lowest BCUT2D eigenvalue weighted by atomic mass is 10.0. The molecule has 0 saturated carbocycles. The summed E-state index contributed by atoms with van der Waals surface area (Å²) in [5.41, 5.74) is 1.38. The highest BCUT2D eigenvalue weighted by molar-refractivity contribution is 9.09. The molecule has 1 unspecified atom stereocenters. The third-order valence-corrected chi connectivity index (χ3v) is 3.38. The summed E-state index contributed by atoms with van der Waals surface area (Å²) < 4.78 is 13.4. The second-order valence-electron chi connectivity index (χ2n) is 3.00. The van der Waals surface area contributed by atoms with Crippen molar-refractivity contribution in [2.24, 2.45) is 0 Å². The lowest BCUT2D eigenvalue weighted by molar-refractivity contribution is 0.601. The van der Waals surface area contributed by atoms with Crippen molar-refractivity contribution in [3.8, 4) is 0 Å². The molecule has 0 bridgehead atoms. The van der Waals surface area contributed by atoms with Crippen LogP contribution in [0.5, 0.6) is 0 Å². The van der Waals surface area contributed by atoms with Crippen molar-refractivity contribution in [1.82, 2.24) is 0 Å². The van der Waals surface area contributed by atoms with Crippen LogP contribution in [0.2, 0.25) is 5.02 Å². The summed E-state index contributed by atoms with van der Waals surface area (Å²) in [5, 5.41) is 3.68. The molecule has 1 aliphatic rings. The third kappa shape index (κ3) is 1.55. The summed E-state index contributed by atoms with van der Waals surface area (Å²) in [6.45, 7) is 0.825. The summed E-state index contributed by atoms with van der Waals surface area (Å²) in [6.07, 6.45) is 0.879. The Kier molecular flexibility index (Phi) is 2.47. The molecule has 13 heavy (non-hydrogen) atoms. The fourth-order valence-corrected chi connectivity index (χ4v) is 2.43. The molecule has 1 aliphatic heterocycles. The van der Waals surface area contributed by atoms with Gasteiger partial charge in [0.25, 0.3) is 0 Å². The van der Waals surface area contributed by atoms with Gasteiger partial charge in [0.05, 0.1) is 10.7 Å². The number of fused-ring (bicyclic) bond motifs is 1. The first-order valence-electron chi connectivity index (χ1n) is 4.06. The Hall–Kier alpha value is -0.280. The molecule has 1 aromatic carbocycles. The summed E-state index contributed by atoms with van der Waals surface area (Å²) in [5.74, 6) is -0.200. The average molecular weight is 265 g/mol. The van der Waals surface area contributed by atoms with Crippen LogP contribution in [0, 0.1) is 5.82 Å². The predicted octanol–water partition coefficient (Wildman–Crippen LogP) is 3.73. The number of halogens is 3. The van der Waals surface area contributed by atoms with E-state index in [4.69, 9.17) is 11.6 Å². The van der Waals surface area contributed by atoms with Crippen molar-refractivity contribution in [2.75, 3.05) is 11.9 Å². The zero-order chi connectivity index (χ0) is 9.42. The maximum absolute atomic E-state index is 13.4. The molecule has 0 fully saturated rings. The largest absolute Gasteiger partial charge is 0.383 e. The van der Waals surface area contributed by atoms with E-state index in [1.165, 1.54) is 6.07 Å². The number of alkyl halides is 1. The summed E-state index contributed by atoms with van der Waals surface area (Å²) in [7, 11) is 0. The van der Waals surface area contributed by atoms with Gasteiger partial charge >= 0.3 is 0 Å². The Bertz CT molecular complexity index is 343. The molecule has 0 saturated heterocycles. The lowest BCUT2D eigenvalue weighted by Crippen LogP contribution is -2.15. The standard InChI is InChI=1S/C9H8BrClFN/c10-5-3-4-13-9-6(11)1-2-7(12)8(5)9/h1-2,5,13H,3-4H2. The minimum Gasteiger partial charge on any atom is -0.383 e. The zero-order valence-electron chi connectivity index (χ0n) is 6.78. The minimum atomic E-state index is -0.200. The molecule has 0 amide bonds. The number of anilines is 1. The first-order chi connectivity index (χ1) is 6.20. The van der Waals surface area contributed by atoms with Crippen LogP contribution in [0.1, 0.15) is 16.8 Å². The van der Waals surface area contributed by atoms with Crippen LogP contribution in [0.4, 0.5) is 10.1 Å². The SMILES string of the molecule is Fc1ccc(Cl)c2c1C(Br)CCN2. The Balaban J connectivity index is 2.60. The Morgan fingerprint density at radius 1 is 1.54 bits per heavy atom. The van der Waals surface area contributed by atoms with Gasteiger partial charge in [0.1, 0.15) is 5.82 Å². The maximum atomic E-state index is 13.4. The van der Waals surface area contributed by atoms with Crippen LogP contribution in [0.15, 0.2) is 12.1 Å². The van der Waals surface area contributed by atoms with Gasteiger partial charge in [-0.15, -0.1) is 0 Å². The van der Waals surface area contributed by atoms with E-state index in [0.29, 0.717) is 10.6 Å². The van der Waals surface area contributed by atoms with Crippen molar-refractivity contribution < 1.29 is 4.39 Å². The Morgan fingerprint density at radius 2 is 2.31 bits per heavy atom. The van der Waals surface area contributed by atoms with E-state index in [2.05, 4.69) is 21.2 Å². The number of benzene rings is 1. The number of hydrogen-bond acceptors (Lipinski definition) is 1. The number of nitrogens with one attached hydrogen (secondary N) is 1. The molecule has 1 N–H and O–H groups in total. The molecule has 1 heterocycles. The van der Waals surface area contributed by atoms with Gasteiger partial charge in [0.2, 0.25) is 0 Å². The van der Waals surface area contributed by atoms with Gasteiger partial charge in [-0.2, -0.15) is 0 Å². The summed E-state index contributed by atoms with van der Waals surface area (Å²) in [4.78, 5) is 0.0717. The molecule has 1 nitrogen and oxygen atoms in total. The fraction of sp³-hybridized carbons (Fsp3) is 0.333. The normalized spacial score (nSPS) is 20.7. The van der Waals surface area contributed by atoms with Crippen molar-refractivity contribution in [1.29, 1.82) is 0 Å². The van der Waals surface area contributed by atoms with Crippen LogP contribution < -0.4 is 5.32 Å². The van der Waals surface area contributed by atoms with E-state index in [1.807, 2.05) is 0 Å². The van der Waals surface area contributed by atoms with Crippen molar-refractivity contribution in [3.63, 3.8) is 0 Å². The fourth-order valence-electron chi connectivity index (χ4n) is 1.52. The molecular weight excluding hydrogens is 256 g/mol. The van der Waals surface area contributed by atoms with E-state index in [0.717, 1.165) is 18.7 Å². The molecule has 1 aromatic rings. The van der Waals surface area contributed by atoms with Gasteiger partial charge in [0, 0.05) is 16.9 Å². The van der Waals surface area contributed by atoms with E-state index in [-0.39, 0.29) is 10.6 Å². The quantitative estimate of drug-likeness (QED) is 0.704. The molecule has 0 radical (unpaired) electrons. The molecule has 70 valence electrons. The predicted molar refractivity (Wildman–Crippen MR) is 56.2 cm³/mol. The van der Waals surface area contributed by atoms with Gasteiger partial charge < -0.3 is 5.32 Å². The van der Waals surface area contributed by atoms with Gasteiger partial charge in [-0.3, -0.25) is 0 Å². The highest BCUT2D eigenvalue weighted by atomic mass is 79.9. The summed E-state index contributed by atoms with van der Waals surface area (Å²) in [6, 6.07) is 2.98. The highest BCUT2D eigenvalue weighted by Gasteiger charge is 2.22. The molecule has 2 rings (SSSR count). The minimum absolute atomic E-state index is 0.0717. The molecule has 0 aromatic heterocycles. The van der Waals surface area contributed by atoms with Gasteiger partial charge in [-0.25, -0.2) is 4.39 Å². The monoisotopic (exact) mass is 263 g/mol. The first kappa shape index (κ1) is 9.28. The van der Waals surface area contributed by atoms with Crippen molar-refractivity contribution >= 4 is 33.2 Å². The lowest BCUT2D eigenvalue weighted by Gasteiger charge is -2.23. The summed E-state index contributed by atoms with van der Waals surface area (Å²) >= 11 is 9.36. The second-order valence-corrected chi connectivity index (χ2v) is 4.51. The first-order valence-corrected chi connectivity index (χ1v) is 5.35. The Labute approximate surface area is 89.4 Å². The highest BCUT2D eigenvalue weighted by Crippen LogP contribution is 2.41. The van der Waals surface area contributed by atoms with E-state index >= 15 is 0 Å². The van der Waals surface area contributed by atoms with Gasteiger partial charge in [-0.1, -0.05) is 27.5 Å². The maximum Gasteiger partial charge on any atom is 0.129 e. The smallest absolute Gasteiger partial charge is 0.129 e. The van der Waals surface area contributed by atoms with E-state index < -0.39 is 0 Å².